The molecule has 1 unspecified atom stereocenters. The van der Waals surface area contributed by atoms with Gasteiger partial charge in [-0.2, -0.15) is 4.72 Å². The van der Waals surface area contributed by atoms with Crippen molar-refractivity contribution in [1.29, 1.82) is 0 Å². The molecule has 1 fully saturated rings. The Labute approximate surface area is 169 Å². The van der Waals surface area contributed by atoms with E-state index < -0.39 is 10.0 Å². The molecule has 1 saturated heterocycles. The van der Waals surface area contributed by atoms with Crippen LogP contribution >= 0.6 is 0 Å². The molecule has 1 aliphatic rings. The van der Waals surface area contributed by atoms with Crippen molar-refractivity contribution in [3.05, 3.63) is 59.9 Å². The molecule has 0 bridgehead atoms. The van der Waals surface area contributed by atoms with Crippen LogP contribution in [0.2, 0.25) is 0 Å². The van der Waals surface area contributed by atoms with E-state index in [0.717, 1.165) is 29.7 Å². The highest BCUT2D eigenvalue weighted by atomic mass is 32.2. The van der Waals surface area contributed by atoms with Gasteiger partial charge in [0.15, 0.2) is 0 Å². The fraction of sp³-hybridized carbons (Fsp3) is 0.238. The second-order valence-corrected chi connectivity index (χ2v) is 8.62. The second kappa shape index (κ2) is 7.70. The van der Waals surface area contributed by atoms with Crippen LogP contribution in [0.5, 0.6) is 0 Å². The molecule has 2 N–H and O–H groups in total. The van der Waals surface area contributed by atoms with Crippen molar-refractivity contribution in [1.82, 2.24) is 19.6 Å². The molecule has 0 aliphatic carbocycles. The molecule has 1 aromatic heterocycles. The topological polar surface area (TPSA) is 95.2 Å². The zero-order chi connectivity index (χ0) is 20.4. The number of hydrogen-bond donors (Lipinski definition) is 2. The number of sulfonamides is 1. The lowest BCUT2D eigenvalue weighted by Gasteiger charge is -2.23. The van der Waals surface area contributed by atoms with Gasteiger partial charge in [-0.1, -0.05) is 24.1 Å². The number of aromatic amines is 1. The first-order chi connectivity index (χ1) is 14.0. The smallest absolute Gasteiger partial charge is 0.254 e. The molecule has 2 heterocycles. The number of H-pyrrole nitrogens is 1. The summed E-state index contributed by atoms with van der Waals surface area (Å²) < 4.78 is 27.0. The van der Waals surface area contributed by atoms with Crippen LogP contribution in [-0.4, -0.2) is 42.3 Å². The molecule has 1 aliphatic heterocycles. The summed E-state index contributed by atoms with van der Waals surface area (Å²) in [5.74, 6) is 2.76. The number of fused-ring (bicyclic) bond motifs is 1. The molecule has 4 rings (SSSR count). The summed E-state index contributed by atoms with van der Waals surface area (Å²) in [5, 5.41) is 0. The summed E-state index contributed by atoms with van der Waals surface area (Å²) in [6.45, 7) is 0.480. The zero-order valence-electron chi connectivity index (χ0n) is 15.6. The molecule has 3 aromatic rings. The van der Waals surface area contributed by atoms with E-state index in [1.165, 1.54) is 12.1 Å². The van der Waals surface area contributed by atoms with E-state index in [1.807, 2.05) is 24.3 Å². The number of aromatic nitrogens is 2. The maximum absolute atomic E-state index is 13.2. The Balaban J connectivity index is 1.62. The van der Waals surface area contributed by atoms with E-state index in [4.69, 9.17) is 6.42 Å². The van der Waals surface area contributed by atoms with Crippen molar-refractivity contribution in [3.8, 4) is 12.3 Å². The van der Waals surface area contributed by atoms with Crippen molar-refractivity contribution in [2.75, 3.05) is 13.1 Å². The lowest BCUT2D eigenvalue weighted by Crippen LogP contribution is -2.31. The van der Waals surface area contributed by atoms with Crippen molar-refractivity contribution in [2.45, 2.75) is 23.8 Å². The Morgan fingerprint density at radius 3 is 2.90 bits per heavy atom. The second-order valence-electron chi connectivity index (χ2n) is 6.85. The van der Waals surface area contributed by atoms with Crippen LogP contribution < -0.4 is 4.72 Å². The lowest BCUT2D eigenvalue weighted by atomic mass is 10.1. The molecule has 7 nitrogen and oxygen atoms in total. The van der Waals surface area contributed by atoms with E-state index >= 15 is 0 Å². The fourth-order valence-corrected chi connectivity index (χ4v) is 4.59. The lowest BCUT2D eigenvalue weighted by molar-refractivity contribution is 0.0730. The Morgan fingerprint density at radius 2 is 2.10 bits per heavy atom. The number of carbonyl (C=O) groups excluding carboxylic acids is 1. The van der Waals surface area contributed by atoms with Gasteiger partial charge >= 0.3 is 0 Å². The van der Waals surface area contributed by atoms with Gasteiger partial charge < -0.3 is 9.88 Å². The van der Waals surface area contributed by atoms with Crippen LogP contribution in [0.3, 0.4) is 0 Å². The van der Waals surface area contributed by atoms with Gasteiger partial charge in [0.25, 0.3) is 5.91 Å². The highest BCUT2D eigenvalue weighted by Crippen LogP contribution is 2.32. The van der Waals surface area contributed by atoms with Crippen LogP contribution in [0.15, 0.2) is 53.4 Å². The molecule has 0 radical (unpaired) electrons. The monoisotopic (exact) mass is 408 g/mol. The molecule has 1 atom stereocenters. The van der Waals surface area contributed by atoms with Gasteiger partial charge in [0.05, 0.1) is 28.5 Å². The van der Waals surface area contributed by atoms with E-state index in [1.54, 1.807) is 17.0 Å². The Bertz CT molecular complexity index is 1180. The maximum atomic E-state index is 13.2. The predicted molar refractivity (Wildman–Crippen MR) is 110 cm³/mol. The Morgan fingerprint density at radius 1 is 1.28 bits per heavy atom. The number of imidazole rings is 1. The summed E-state index contributed by atoms with van der Waals surface area (Å²) in [4.78, 5) is 22.9. The first kappa shape index (κ1) is 19.2. The van der Waals surface area contributed by atoms with Crippen molar-refractivity contribution >= 4 is 27.0 Å². The number of likely N-dealkylation sites (tertiary alicyclic amines) is 1. The Kier molecular flexibility index (Phi) is 5.09. The number of amides is 1. The number of nitrogens with one attached hydrogen (secondary N) is 2. The number of nitrogens with zero attached hydrogens (tertiary/aromatic N) is 2. The van der Waals surface area contributed by atoms with Crippen molar-refractivity contribution in [2.24, 2.45) is 0 Å². The minimum Gasteiger partial charge on any atom is -0.340 e. The third-order valence-electron chi connectivity index (χ3n) is 4.99. The fourth-order valence-electron chi connectivity index (χ4n) is 3.61. The molecule has 29 heavy (non-hydrogen) atoms. The van der Waals surface area contributed by atoms with Gasteiger partial charge in [-0.3, -0.25) is 4.79 Å². The van der Waals surface area contributed by atoms with Crippen LogP contribution in [0.4, 0.5) is 0 Å². The molecular formula is C21H20N4O3S. The number of terminal acetylenes is 1. The first-order valence-electron chi connectivity index (χ1n) is 9.28. The number of para-hydroxylation sites is 2. The van der Waals surface area contributed by atoms with E-state index in [0.29, 0.717) is 12.1 Å². The highest BCUT2D eigenvalue weighted by molar-refractivity contribution is 7.89. The van der Waals surface area contributed by atoms with E-state index in [2.05, 4.69) is 20.6 Å². The van der Waals surface area contributed by atoms with Crippen LogP contribution in [0, 0.1) is 12.3 Å². The van der Waals surface area contributed by atoms with Gasteiger partial charge in [0.1, 0.15) is 5.82 Å². The van der Waals surface area contributed by atoms with Crippen molar-refractivity contribution < 1.29 is 13.2 Å². The van der Waals surface area contributed by atoms with Gasteiger partial charge in [0.2, 0.25) is 10.0 Å². The van der Waals surface area contributed by atoms with Crippen LogP contribution in [0.25, 0.3) is 11.0 Å². The van der Waals surface area contributed by atoms with Crippen molar-refractivity contribution in [3.63, 3.8) is 0 Å². The largest absolute Gasteiger partial charge is 0.340 e. The van der Waals surface area contributed by atoms with E-state index in [9.17, 15) is 13.2 Å². The molecule has 148 valence electrons. The average molecular weight is 408 g/mol. The minimum absolute atomic E-state index is 0.0121. The minimum atomic E-state index is -3.77. The number of carbonyl (C=O) groups is 1. The molecule has 0 saturated carbocycles. The SMILES string of the molecule is C#CCNS(=O)(=O)c1cccc(C(=O)N2CCCC2c2nc3ccccc3[nH]2)c1. The highest BCUT2D eigenvalue weighted by Gasteiger charge is 2.33. The maximum Gasteiger partial charge on any atom is 0.254 e. The molecule has 1 amide bonds. The number of rotatable bonds is 5. The summed E-state index contributed by atoms with van der Waals surface area (Å²) in [7, 11) is -3.77. The standard InChI is InChI=1S/C21H20N4O3S/c1-2-12-22-29(27,28)16-8-5-7-15(14-16)21(26)25-13-6-11-19(25)20-23-17-9-3-4-10-18(17)24-20/h1,3-5,7-10,14,19,22H,6,11-13H2,(H,23,24). The van der Waals surface area contributed by atoms with Gasteiger partial charge in [0, 0.05) is 12.1 Å². The van der Waals surface area contributed by atoms with Crippen LogP contribution in [-0.2, 0) is 10.0 Å². The van der Waals surface area contributed by atoms with Gasteiger partial charge in [-0.05, 0) is 43.2 Å². The van der Waals surface area contributed by atoms with Gasteiger partial charge in [-0.15, -0.1) is 6.42 Å². The average Bonchev–Trinajstić information content (AvgIpc) is 3.38. The molecule has 2 aromatic carbocycles. The summed E-state index contributed by atoms with van der Waals surface area (Å²) in [5.41, 5.74) is 2.10. The molecular weight excluding hydrogens is 388 g/mol. The number of hydrogen-bond acceptors (Lipinski definition) is 4. The van der Waals surface area contributed by atoms with Crippen LogP contribution in [0.1, 0.15) is 35.1 Å². The zero-order valence-corrected chi connectivity index (χ0v) is 16.4. The quantitative estimate of drug-likeness (QED) is 0.634. The molecule has 8 heteroatoms. The summed E-state index contributed by atoms with van der Waals surface area (Å²) in [6, 6.07) is 13.6. The molecule has 0 spiro atoms. The van der Waals surface area contributed by atoms with Gasteiger partial charge in [-0.25, -0.2) is 13.4 Å². The third kappa shape index (κ3) is 3.75. The van der Waals surface area contributed by atoms with E-state index in [-0.39, 0.29) is 23.4 Å². The normalized spacial score (nSPS) is 16.8. The number of benzene rings is 2. The summed E-state index contributed by atoms with van der Waals surface area (Å²) in [6.07, 6.45) is 6.78. The summed E-state index contributed by atoms with van der Waals surface area (Å²) >= 11 is 0. The first-order valence-corrected chi connectivity index (χ1v) is 10.8. The Hall–Kier alpha value is -3.15. The third-order valence-corrected chi connectivity index (χ3v) is 6.39. The predicted octanol–water partition coefficient (Wildman–Crippen LogP) is 2.45.